The van der Waals surface area contributed by atoms with Gasteiger partial charge in [0.25, 0.3) is 5.56 Å². The Morgan fingerprint density at radius 2 is 1.70 bits per heavy atom. The van der Waals surface area contributed by atoms with Gasteiger partial charge in [-0.2, -0.15) is 0 Å². The van der Waals surface area contributed by atoms with Gasteiger partial charge >= 0.3 is 7.60 Å². The SMILES string of the molecule is CCCCOP(=O)(OCCCC)c1nc2ccccc2[nH]c1=O. The first-order valence-electron chi connectivity index (χ1n) is 7.99. The van der Waals surface area contributed by atoms with E-state index in [9.17, 15) is 9.36 Å². The van der Waals surface area contributed by atoms with Crippen LogP contribution < -0.4 is 11.0 Å². The number of nitrogens with one attached hydrogen (secondary N) is 1. The van der Waals surface area contributed by atoms with Gasteiger partial charge in [-0.15, -0.1) is 0 Å². The fourth-order valence-electron chi connectivity index (χ4n) is 2.02. The van der Waals surface area contributed by atoms with E-state index in [2.05, 4.69) is 9.97 Å². The average molecular weight is 338 g/mol. The van der Waals surface area contributed by atoms with Crippen LogP contribution >= 0.6 is 7.60 Å². The molecule has 7 heteroatoms. The zero-order valence-electron chi connectivity index (χ0n) is 13.6. The van der Waals surface area contributed by atoms with Crippen molar-refractivity contribution in [2.45, 2.75) is 39.5 Å². The van der Waals surface area contributed by atoms with Gasteiger partial charge in [-0.05, 0) is 25.0 Å². The van der Waals surface area contributed by atoms with E-state index in [4.69, 9.17) is 9.05 Å². The molecule has 1 aromatic heterocycles. The molecule has 0 aliphatic heterocycles. The average Bonchev–Trinajstić information content (AvgIpc) is 2.54. The third kappa shape index (κ3) is 4.50. The number of hydrogen-bond acceptors (Lipinski definition) is 5. The quantitative estimate of drug-likeness (QED) is 0.560. The summed E-state index contributed by atoms with van der Waals surface area (Å²) in [5, 5.41) is 0. The second-order valence-electron chi connectivity index (χ2n) is 5.28. The van der Waals surface area contributed by atoms with Gasteiger partial charge in [-0.1, -0.05) is 38.8 Å². The molecule has 0 aliphatic rings. The maximum atomic E-state index is 13.1. The lowest BCUT2D eigenvalue weighted by Crippen LogP contribution is -2.32. The van der Waals surface area contributed by atoms with Crippen molar-refractivity contribution < 1.29 is 13.6 Å². The minimum Gasteiger partial charge on any atom is -0.318 e. The Morgan fingerprint density at radius 3 is 2.30 bits per heavy atom. The van der Waals surface area contributed by atoms with E-state index in [0.29, 0.717) is 11.0 Å². The second-order valence-corrected chi connectivity index (χ2v) is 7.21. The largest absolute Gasteiger partial charge is 0.385 e. The molecule has 2 aromatic rings. The summed E-state index contributed by atoms with van der Waals surface area (Å²) in [6.07, 6.45) is 3.28. The third-order valence-electron chi connectivity index (χ3n) is 3.36. The summed E-state index contributed by atoms with van der Waals surface area (Å²) in [5.41, 5.74) is 0.457. The number of fused-ring (bicyclic) bond motifs is 1. The molecule has 6 nitrogen and oxygen atoms in total. The van der Waals surface area contributed by atoms with Crippen molar-refractivity contribution in [3.8, 4) is 0 Å². The second kappa shape index (κ2) is 8.39. The summed E-state index contributed by atoms with van der Waals surface area (Å²) in [5.74, 6) is 0. The summed E-state index contributed by atoms with van der Waals surface area (Å²) in [4.78, 5) is 19.2. The van der Waals surface area contributed by atoms with Crippen LogP contribution in [0, 0.1) is 0 Å². The lowest BCUT2D eigenvalue weighted by molar-refractivity contribution is 0.208. The molecule has 0 fully saturated rings. The highest BCUT2D eigenvalue weighted by atomic mass is 31.2. The number of unbranched alkanes of at least 4 members (excludes halogenated alkanes) is 2. The van der Waals surface area contributed by atoms with E-state index >= 15 is 0 Å². The molecule has 1 heterocycles. The molecule has 0 unspecified atom stereocenters. The van der Waals surface area contributed by atoms with Crippen molar-refractivity contribution in [3.05, 3.63) is 34.6 Å². The van der Waals surface area contributed by atoms with Gasteiger partial charge in [0.05, 0.1) is 24.2 Å². The highest BCUT2D eigenvalue weighted by Gasteiger charge is 2.33. The molecular weight excluding hydrogens is 315 g/mol. The van der Waals surface area contributed by atoms with Crippen LogP contribution in [0.15, 0.2) is 29.1 Å². The Balaban J connectivity index is 2.38. The Kier molecular flexibility index (Phi) is 6.51. The Hall–Kier alpha value is -1.49. The first kappa shape index (κ1) is 17.9. The highest BCUT2D eigenvalue weighted by molar-refractivity contribution is 7.61. The molecule has 0 spiro atoms. The number of H-pyrrole nitrogens is 1. The van der Waals surface area contributed by atoms with Gasteiger partial charge in [-0.3, -0.25) is 9.36 Å². The van der Waals surface area contributed by atoms with E-state index in [0.717, 1.165) is 25.7 Å². The Bertz CT molecular complexity index is 730. The van der Waals surface area contributed by atoms with Crippen LogP contribution in [0.5, 0.6) is 0 Å². The molecular formula is C16H23N2O4P. The predicted molar refractivity (Wildman–Crippen MR) is 91.3 cm³/mol. The number of aromatic nitrogens is 2. The summed E-state index contributed by atoms with van der Waals surface area (Å²) in [6.45, 7) is 4.56. The van der Waals surface area contributed by atoms with E-state index in [1.165, 1.54) is 0 Å². The van der Waals surface area contributed by atoms with Gasteiger partial charge in [0.1, 0.15) is 0 Å². The summed E-state index contributed by atoms with van der Waals surface area (Å²) in [6, 6.07) is 7.10. The lowest BCUT2D eigenvalue weighted by atomic mass is 10.3. The lowest BCUT2D eigenvalue weighted by Gasteiger charge is -2.17. The molecule has 2 rings (SSSR count). The van der Waals surface area contributed by atoms with E-state index in [-0.39, 0.29) is 18.6 Å². The zero-order chi connectivity index (χ0) is 16.7. The van der Waals surface area contributed by atoms with Crippen molar-refractivity contribution in [1.82, 2.24) is 9.97 Å². The molecule has 1 aromatic carbocycles. The number of hydrogen-bond donors (Lipinski definition) is 1. The fraction of sp³-hybridized carbons (Fsp3) is 0.500. The van der Waals surface area contributed by atoms with Crippen LogP contribution in [-0.2, 0) is 13.6 Å². The molecule has 0 amide bonds. The van der Waals surface area contributed by atoms with Gasteiger partial charge < -0.3 is 14.0 Å². The fourth-order valence-corrected chi connectivity index (χ4v) is 3.62. The topological polar surface area (TPSA) is 81.3 Å². The maximum absolute atomic E-state index is 13.1. The van der Waals surface area contributed by atoms with E-state index in [1.54, 1.807) is 24.3 Å². The predicted octanol–water partition coefficient (Wildman–Crippen LogP) is 3.37. The summed E-state index contributed by atoms with van der Waals surface area (Å²) in [7, 11) is -3.73. The van der Waals surface area contributed by atoms with Crippen molar-refractivity contribution in [3.63, 3.8) is 0 Å². The standard InChI is InChI=1S/C16H23N2O4P/c1-3-5-11-21-23(20,22-12-6-4-2)16-15(19)17-13-9-7-8-10-14(13)18-16/h7-10H,3-6,11-12H2,1-2H3,(H,17,19). The number of rotatable bonds is 9. The van der Waals surface area contributed by atoms with Crippen molar-refractivity contribution in [1.29, 1.82) is 0 Å². The number of nitrogens with zero attached hydrogens (tertiary/aromatic N) is 1. The first-order valence-corrected chi connectivity index (χ1v) is 9.53. The first-order chi connectivity index (χ1) is 11.1. The minimum absolute atomic E-state index is 0.164. The van der Waals surface area contributed by atoms with Gasteiger partial charge in [0.2, 0.25) is 5.44 Å². The number of para-hydroxylation sites is 2. The Morgan fingerprint density at radius 1 is 1.09 bits per heavy atom. The van der Waals surface area contributed by atoms with Crippen LogP contribution in [0.25, 0.3) is 11.0 Å². The molecule has 0 aliphatic carbocycles. The Labute approximate surface area is 135 Å². The summed E-state index contributed by atoms with van der Waals surface area (Å²) < 4.78 is 24.1. The van der Waals surface area contributed by atoms with Gasteiger partial charge in [0, 0.05) is 0 Å². The molecule has 1 N–H and O–H groups in total. The molecule has 23 heavy (non-hydrogen) atoms. The highest BCUT2D eigenvalue weighted by Crippen LogP contribution is 2.45. The number of benzene rings is 1. The van der Waals surface area contributed by atoms with Crippen LogP contribution in [0.1, 0.15) is 39.5 Å². The monoisotopic (exact) mass is 338 g/mol. The van der Waals surface area contributed by atoms with Crippen molar-refractivity contribution >= 4 is 24.1 Å². The number of aromatic amines is 1. The molecule has 126 valence electrons. The normalized spacial score (nSPS) is 11.9. The van der Waals surface area contributed by atoms with Crippen LogP contribution in [0.2, 0.25) is 0 Å². The van der Waals surface area contributed by atoms with Crippen molar-refractivity contribution in [2.24, 2.45) is 0 Å². The van der Waals surface area contributed by atoms with Gasteiger partial charge in [-0.25, -0.2) is 4.98 Å². The molecule has 0 atom stereocenters. The minimum atomic E-state index is -3.73. The molecule has 0 radical (unpaired) electrons. The van der Waals surface area contributed by atoms with E-state index < -0.39 is 13.2 Å². The van der Waals surface area contributed by atoms with Crippen LogP contribution in [0.4, 0.5) is 0 Å². The van der Waals surface area contributed by atoms with Crippen molar-refractivity contribution in [2.75, 3.05) is 13.2 Å². The molecule has 0 saturated heterocycles. The molecule has 0 bridgehead atoms. The third-order valence-corrected chi connectivity index (χ3v) is 5.23. The smallest absolute Gasteiger partial charge is 0.318 e. The summed E-state index contributed by atoms with van der Waals surface area (Å²) >= 11 is 0. The van der Waals surface area contributed by atoms with Crippen LogP contribution in [-0.4, -0.2) is 23.2 Å². The zero-order valence-corrected chi connectivity index (χ0v) is 14.5. The van der Waals surface area contributed by atoms with Crippen LogP contribution in [0.3, 0.4) is 0 Å². The maximum Gasteiger partial charge on any atom is 0.385 e. The molecule has 0 saturated carbocycles. The van der Waals surface area contributed by atoms with Gasteiger partial charge in [0.15, 0.2) is 0 Å². The van der Waals surface area contributed by atoms with E-state index in [1.807, 2.05) is 13.8 Å².